The van der Waals surface area contributed by atoms with E-state index in [1.54, 1.807) is 19.6 Å². The zero-order valence-electron chi connectivity index (χ0n) is 5.63. The molecule has 0 aliphatic carbocycles. The molecule has 1 radical (unpaired) electrons. The Morgan fingerprint density at radius 2 is 0.889 bits per heavy atom. The van der Waals surface area contributed by atoms with E-state index in [2.05, 4.69) is 0 Å². The molecule has 0 rings (SSSR count). The molecule has 6 heteroatoms. The van der Waals surface area contributed by atoms with Crippen molar-refractivity contribution < 1.29 is 41.6 Å². The largest absolute Gasteiger partial charge is 0.870 e. The Balaban J connectivity index is -0.0000000133. The first-order valence-corrected chi connectivity index (χ1v) is 5.11. The summed E-state index contributed by atoms with van der Waals surface area (Å²) in [4.78, 5) is 10.2. The normalized spacial score (nSPS) is 6.67. The molecule has 0 aliphatic heterocycles. The van der Waals surface area contributed by atoms with E-state index in [9.17, 15) is 4.80 Å². The first-order valence-electron chi connectivity index (χ1n) is 1.70. The van der Waals surface area contributed by atoms with Crippen molar-refractivity contribution in [3.63, 3.8) is 0 Å². The Bertz CT molecular complexity index is 31.3. The van der Waals surface area contributed by atoms with Crippen molar-refractivity contribution in [2.24, 2.45) is 0 Å². The molecular weight excluding hydrogens is 314 g/mol. The van der Waals surface area contributed by atoms with Gasteiger partial charge in [0.05, 0.1) is 0 Å². The third-order valence-electron chi connectivity index (χ3n) is 0. The summed E-state index contributed by atoms with van der Waals surface area (Å²) in [7, 11) is -1.86. The van der Waals surface area contributed by atoms with E-state index in [1.807, 2.05) is 0 Å². The van der Waals surface area contributed by atoms with E-state index in [4.69, 9.17) is 0 Å². The summed E-state index contributed by atoms with van der Waals surface area (Å²) < 4.78 is 0. The van der Waals surface area contributed by atoms with E-state index in [-0.39, 0.29) is 36.9 Å². The molecule has 0 aromatic carbocycles. The fourth-order valence-electron chi connectivity index (χ4n) is 0. The van der Waals surface area contributed by atoms with E-state index < -0.39 is 8.32 Å². The quantitative estimate of drug-likeness (QED) is 0.566. The summed E-state index contributed by atoms with van der Waals surface area (Å²) in [5, 5.41) is 0. The molecule has 0 amide bonds. The molecule has 63 valence electrons. The summed E-state index contributed by atoms with van der Waals surface area (Å²) in [6.45, 7) is 5.31. The van der Waals surface area contributed by atoms with Crippen molar-refractivity contribution in [3.05, 3.63) is 0 Å². The summed E-state index contributed by atoms with van der Waals surface area (Å²) in [5.74, 6) is 0. The second-order valence-electron chi connectivity index (χ2n) is 2.11. The first-order chi connectivity index (χ1) is 2.00. The van der Waals surface area contributed by atoms with Gasteiger partial charge in [0, 0.05) is 20.4 Å². The summed E-state index contributed by atoms with van der Waals surface area (Å²) in [6.07, 6.45) is 0. The average molecular weight is 326 g/mol. The summed E-state index contributed by atoms with van der Waals surface area (Å²) in [5.41, 5.74) is 0. The molecule has 0 bridgehead atoms. The van der Waals surface area contributed by atoms with Crippen LogP contribution in [0, 0.1) is 0 Å². The molecule has 0 atom stereocenters. The van der Waals surface area contributed by atoms with Crippen molar-refractivity contribution >= 4 is 8.32 Å². The Labute approximate surface area is 70.0 Å². The van der Waals surface area contributed by atoms with Crippen LogP contribution in [0.1, 0.15) is 0 Å². The van der Waals surface area contributed by atoms with Gasteiger partial charge in [0.2, 0.25) is 0 Å². The van der Waals surface area contributed by atoms with Crippen molar-refractivity contribution in [1.82, 2.24) is 0 Å². The van der Waals surface area contributed by atoms with Crippen LogP contribution in [0.5, 0.6) is 0 Å². The zero-order valence-corrected chi connectivity index (χ0v) is 9.34. The molecule has 0 aliphatic rings. The van der Waals surface area contributed by atoms with Crippen LogP contribution < -0.4 is 4.80 Å². The fraction of sp³-hybridized carbons (Fsp3) is 1.00. The van der Waals surface area contributed by atoms with Gasteiger partial charge in [-0.1, -0.05) is 28.0 Å². The van der Waals surface area contributed by atoms with Gasteiger partial charge in [0.15, 0.2) is 0 Å². The van der Waals surface area contributed by atoms with Gasteiger partial charge >= 0.3 is 0 Å². The van der Waals surface area contributed by atoms with E-state index in [0.29, 0.717) is 0 Å². The smallest absolute Gasteiger partial charge is 0 e. The minimum Gasteiger partial charge on any atom is -0.870 e. The molecule has 3 N–H and O–H groups in total. The third kappa shape index (κ3) is 761. The molecule has 0 aromatic heterocycles. The van der Waals surface area contributed by atoms with E-state index in [1.165, 1.54) is 0 Å². The van der Waals surface area contributed by atoms with Crippen molar-refractivity contribution in [1.29, 1.82) is 0 Å². The third-order valence-corrected chi connectivity index (χ3v) is 0. The van der Waals surface area contributed by atoms with Gasteiger partial charge in [-0.15, -0.1) is 0 Å². The summed E-state index contributed by atoms with van der Waals surface area (Å²) in [6, 6.07) is 0. The Morgan fingerprint density at radius 3 is 0.889 bits per heavy atom. The van der Waals surface area contributed by atoms with Gasteiger partial charge in [-0.05, 0) is 0 Å². The Morgan fingerprint density at radius 1 is 0.889 bits per heavy atom. The minimum atomic E-state index is -1.86. The van der Waals surface area contributed by atoms with Crippen LogP contribution in [0.4, 0.5) is 0 Å². The molecule has 9 heavy (non-hydrogen) atoms. The maximum atomic E-state index is 10.2. The molecule has 0 heterocycles. The van der Waals surface area contributed by atoms with Crippen molar-refractivity contribution in [3.8, 4) is 0 Å². The van der Waals surface area contributed by atoms with Gasteiger partial charge in [-0.2, -0.15) is 0 Å². The number of hydrogen-bond acceptors (Lipinski definition) is 4. The second-order valence-corrected chi connectivity index (χ2v) is 6.34. The maximum Gasteiger partial charge on any atom is 0 e. The SMILES string of the molecule is C[Si](C)(C)[O-].[OH-].[OH-].[OH-].[Re]. The van der Waals surface area contributed by atoms with Crippen LogP contribution >= 0.6 is 0 Å². The molecule has 0 aromatic rings. The van der Waals surface area contributed by atoms with Gasteiger partial charge < -0.3 is 21.2 Å². The maximum absolute atomic E-state index is 10.2. The van der Waals surface area contributed by atoms with E-state index in [0.717, 1.165) is 0 Å². The summed E-state index contributed by atoms with van der Waals surface area (Å²) >= 11 is 0. The predicted octanol–water partition coefficient (Wildman–Crippen LogP) is -0.351. The van der Waals surface area contributed by atoms with Crippen molar-refractivity contribution in [2.45, 2.75) is 19.6 Å². The molecule has 0 fully saturated rings. The van der Waals surface area contributed by atoms with Crippen LogP contribution in [0.15, 0.2) is 0 Å². The first kappa shape index (κ1) is 33.2. The van der Waals surface area contributed by atoms with Gasteiger partial charge in [0.1, 0.15) is 0 Å². The second kappa shape index (κ2) is 11.5. The van der Waals surface area contributed by atoms with Crippen LogP contribution in [-0.2, 0) is 20.4 Å². The monoisotopic (exact) mass is 327 g/mol. The van der Waals surface area contributed by atoms with Gasteiger partial charge in [-0.25, -0.2) is 0 Å². The zero-order chi connectivity index (χ0) is 4.50. The number of hydrogen-bond donors (Lipinski definition) is 0. The Hall–Kier alpha value is 0.719. The van der Waals surface area contributed by atoms with Gasteiger partial charge in [-0.3, -0.25) is 0 Å². The topological polar surface area (TPSA) is 113 Å². The van der Waals surface area contributed by atoms with Crippen molar-refractivity contribution in [2.75, 3.05) is 0 Å². The van der Waals surface area contributed by atoms with E-state index >= 15 is 0 Å². The van der Waals surface area contributed by atoms with Crippen LogP contribution in [0.2, 0.25) is 19.6 Å². The number of rotatable bonds is 0. The molecule has 0 unspecified atom stereocenters. The molecule has 4 nitrogen and oxygen atoms in total. The molecule has 0 saturated heterocycles. The van der Waals surface area contributed by atoms with Gasteiger partial charge in [0.25, 0.3) is 0 Å². The van der Waals surface area contributed by atoms with Crippen LogP contribution in [0.3, 0.4) is 0 Å². The molecule has 0 saturated carbocycles. The van der Waals surface area contributed by atoms with Crippen LogP contribution in [-0.4, -0.2) is 24.7 Å². The molecular formula is C3H12O4ReSi-4. The average Bonchev–Trinajstić information content (AvgIpc) is 0.722. The fourth-order valence-corrected chi connectivity index (χ4v) is 0. The standard InChI is InChI=1S/C3H9OSi.3H2O.Re/c1-5(2,3)4;;;;/h1-3H3;3*1H2;/q-1;;;;/p-3. The Kier molecular flexibility index (Phi) is 42.4. The minimum absolute atomic E-state index is 0. The van der Waals surface area contributed by atoms with Crippen LogP contribution in [0.25, 0.3) is 0 Å². The predicted molar refractivity (Wildman–Crippen MR) is 29.2 cm³/mol. The molecule has 0 spiro atoms.